The molecule has 0 heterocycles. The molecule has 0 aliphatic heterocycles. The molecule has 6 heteroatoms. The molecule has 2 N–H and O–H groups in total. The average Bonchev–Trinajstić information content (AvgIpc) is 2.63. The SMILES string of the molecule is CC#CC(CC(=O)O)c1ccc(NC(=O)C(C)(C)Oc2ccccc2Cl)cc1. The fourth-order valence-corrected chi connectivity index (χ4v) is 2.70. The molecular weight excluding hydrogens is 378 g/mol. The van der Waals surface area contributed by atoms with Gasteiger partial charge < -0.3 is 15.2 Å². The smallest absolute Gasteiger partial charge is 0.304 e. The van der Waals surface area contributed by atoms with Crippen LogP contribution in [-0.4, -0.2) is 22.6 Å². The number of carboxylic acids is 1. The van der Waals surface area contributed by atoms with Crippen LogP contribution in [-0.2, 0) is 9.59 Å². The predicted octanol–water partition coefficient (Wildman–Crippen LogP) is 4.72. The number of benzene rings is 2. The highest BCUT2D eigenvalue weighted by Gasteiger charge is 2.30. The second-order valence-corrected chi connectivity index (χ2v) is 7.07. The molecule has 5 nitrogen and oxygen atoms in total. The van der Waals surface area contributed by atoms with Gasteiger partial charge in [-0.3, -0.25) is 9.59 Å². The van der Waals surface area contributed by atoms with E-state index in [0.29, 0.717) is 16.5 Å². The van der Waals surface area contributed by atoms with Gasteiger partial charge in [-0.25, -0.2) is 0 Å². The molecular formula is C22H22ClNO4. The number of aliphatic carboxylic acids is 1. The van der Waals surface area contributed by atoms with Gasteiger partial charge in [0.25, 0.3) is 5.91 Å². The maximum absolute atomic E-state index is 12.6. The minimum absolute atomic E-state index is 0.0781. The fourth-order valence-electron chi connectivity index (χ4n) is 2.53. The van der Waals surface area contributed by atoms with Crippen molar-refractivity contribution in [3.05, 3.63) is 59.1 Å². The molecule has 1 unspecified atom stereocenters. The number of anilines is 1. The molecule has 0 aliphatic rings. The zero-order valence-electron chi connectivity index (χ0n) is 16.0. The molecule has 146 valence electrons. The lowest BCUT2D eigenvalue weighted by Crippen LogP contribution is -2.42. The average molecular weight is 400 g/mol. The van der Waals surface area contributed by atoms with Gasteiger partial charge in [0, 0.05) is 5.69 Å². The van der Waals surface area contributed by atoms with E-state index in [1.807, 2.05) is 0 Å². The molecule has 0 saturated carbocycles. The topological polar surface area (TPSA) is 75.6 Å². The minimum Gasteiger partial charge on any atom is -0.481 e. The number of nitrogens with one attached hydrogen (secondary N) is 1. The highest BCUT2D eigenvalue weighted by molar-refractivity contribution is 6.32. The van der Waals surface area contributed by atoms with Crippen molar-refractivity contribution in [2.45, 2.75) is 38.7 Å². The zero-order valence-corrected chi connectivity index (χ0v) is 16.7. The number of hydrogen-bond donors (Lipinski definition) is 2. The van der Waals surface area contributed by atoms with Crippen molar-refractivity contribution in [1.29, 1.82) is 0 Å². The number of hydrogen-bond acceptors (Lipinski definition) is 3. The molecule has 2 rings (SSSR count). The monoisotopic (exact) mass is 399 g/mol. The molecule has 0 saturated heterocycles. The molecule has 28 heavy (non-hydrogen) atoms. The van der Waals surface area contributed by atoms with E-state index in [0.717, 1.165) is 5.56 Å². The summed E-state index contributed by atoms with van der Waals surface area (Å²) >= 11 is 6.09. The maximum atomic E-state index is 12.6. The first-order chi connectivity index (χ1) is 13.2. The number of ether oxygens (including phenoxy) is 1. The molecule has 0 bridgehead atoms. The quantitative estimate of drug-likeness (QED) is 0.660. The summed E-state index contributed by atoms with van der Waals surface area (Å²) < 4.78 is 5.78. The van der Waals surface area contributed by atoms with Crippen molar-refractivity contribution < 1.29 is 19.4 Å². The summed E-state index contributed by atoms with van der Waals surface area (Å²) in [4.78, 5) is 23.6. The largest absolute Gasteiger partial charge is 0.481 e. The van der Waals surface area contributed by atoms with Crippen LogP contribution in [0.25, 0.3) is 0 Å². The fraction of sp³-hybridized carbons (Fsp3) is 0.273. The summed E-state index contributed by atoms with van der Waals surface area (Å²) in [6.07, 6.45) is -0.0781. The van der Waals surface area contributed by atoms with E-state index in [1.54, 1.807) is 69.3 Å². The van der Waals surface area contributed by atoms with Gasteiger partial charge in [-0.2, -0.15) is 0 Å². The third-order valence-electron chi connectivity index (χ3n) is 4.02. The van der Waals surface area contributed by atoms with Gasteiger partial charge >= 0.3 is 5.97 Å². The van der Waals surface area contributed by atoms with Gasteiger partial charge in [0.05, 0.1) is 17.4 Å². The second-order valence-electron chi connectivity index (χ2n) is 6.66. The summed E-state index contributed by atoms with van der Waals surface area (Å²) in [5.74, 6) is 4.43. The van der Waals surface area contributed by atoms with Crippen molar-refractivity contribution in [2.24, 2.45) is 0 Å². The molecule has 0 radical (unpaired) electrons. The zero-order chi connectivity index (χ0) is 20.7. The Morgan fingerprint density at radius 2 is 1.82 bits per heavy atom. The number of carbonyl (C=O) groups is 2. The Labute approximate surface area is 169 Å². The van der Waals surface area contributed by atoms with E-state index < -0.39 is 17.5 Å². The summed E-state index contributed by atoms with van der Waals surface area (Å²) in [6, 6.07) is 13.9. The Morgan fingerprint density at radius 1 is 1.18 bits per heavy atom. The lowest BCUT2D eigenvalue weighted by Gasteiger charge is -2.26. The Balaban J connectivity index is 2.09. The summed E-state index contributed by atoms with van der Waals surface area (Å²) in [7, 11) is 0. The first kappa shape index (κ1) is 21.3. The van der Waals surface area contributed by atoms with E-state index in [1.165, 1.54) is 0 Å². The third-order valence-corrected chi connectivity index (χ3v) is 4.33. The maximum Gasteiger partial charge on any atom is 0.304 e. The molecule has 0 fully saturated rings. The van der Waals surface area contributed by atoms with E-state index in [9.17, 15) is 9.59 Å². The van der Waals surface area contributed by atoms with Gasteiger partial charge in [-0.1, -0.05) is 41.8 Å². The Morgan fingerprint density at radius 3 is 2.39 bits per heavy atom. The molecule has 0 aliphatic carbocycles. The number of para-hydroxylation sites is 1. The molecule has 1 amide bonds. The molecule has 0 spiro atoms. The standard InChI is InChI=1S/C22H22ClNO4/c1-4-7-16(14-20(25)26)15-10-12-17(13-11-15)24-21(27)22(2,3)28-19-9-6-5-8-18(19)23/h5-6,8-13,16H,14H2,1-3H3,(H,24,27)(H,25,26). The highest BCUT2D eigenvalue weighted by atomic mass is 35.5. The number of carbonyl (C=O) groups excluding carboxylic acids is 1. The second kappa shape index (κ2) is 9.29. The Bertz CT molecular complexity index is 910. The Hall–Kier alpha value is -2.97. The van der Waals surface area contributed by atoms with Gasteiger partial charge in [-0.05, 0) is 50.6 Å². The number of carboxylic acid groups (broad SMARTS) is 1. The summed E-state index contributed by atoms with van der Waals surface area (Å²) in [5, 5.41) is 12.3. The first-order valence-electron chi connectivity index (χ1n) is 8.72. The van der Waals surface area contributed by atoms with Gasteiger partial charge in [0.2, 0.25) is 0 Å². The third kappa shape index (κ3) is 5.77. The van der Waals surface area contributed by atoms with Crippen LogP contribution in [0.3, 0.4) is 0 Å². The van der Waals surface area contributed by atoms with Crippen molar-refractivity contribution in [3.63, 3.8) is 0 Å². The highest BCUT2D eigenvalue weighted by Crippen LogP contribution is 2.28. The van der Waals surface area contributed by atoms with Gasteiger partial charge in [0.15, 0.2) is 5.60 Å². The van der Waals surface area contributed by atoms with E-state index >= 15 is 0 Å². The van der Waals surface area contributed by atoms with Crippen molar-refractivity contribution in [1.82, 2.24) is 0 Å². The van der Waals surface area contributed by atoms with Crippen LogP contribution in [0.2, 0.25) is 5.02 Å². The lowest BCUT2D eigenvalue weighted by molar-refractivity contribution is -0.137. The van der Waals surface area contributed by atoms with Crippen molar-refractivity contribution in [3.8, 4) is 17.6 Å². The van der Waals surface area contributed by atoms with Crippen molar-refractivity contribution in [2.75, 3.05) is 5.32 Å². The molecule has 2 aromatic rings. The number of rotatable bonds is 7. The first-order valence-corrected chi connectivity index (χ1v) is 9.09. The lowest BCUT2D eigenvalue weighted by atomic mass is 9.96. The minimum atomic E-state index is -1.15. The predicted molar refractivity (Wildman–Crippen MR) is 110 cm³/mol. The summed E-state index contributed by atoms with van der Waals surface area (Å²) in [6.45, 7) is 4.98. The van der Waals surface area contributed by atoms with Crippen LogP contribution in [0.5, 0.6) is 5.75 Å². The van der Waals surface area contributed by atoms with Gasteiger partial charge in [0.1, 0.15) is 5.75 Å². The van der Waals surface area contributed by atoms with E-state index in [2.05, 4.69) is 17.2 Å². The Kier molecular flexibility index (Phi) is 7.08. The van der Waals surface area contributed by atoms with E-state index in [4.69, 9.17) is 21.4 Å². The van der Waals surface area contributed by atoms with Crippen LogP contribution >= 0.6 is 11.6 Å². The molecule has 0 aromatic heterocycles. The van der Waals surface area contributed by atoms with Crippen molar-refractivity contribution >= 4 is 29.2 Å². The van der Waals surface area contributed by atoms with Crippen LogP contribution in [0.15, 0.2) is 48.5 Å². The van der Waals surface area contributed by atoms with Crippen LogP contribution in [0, 0.1) is 11.8 Å². The van der Waals surface area contributed by atoms with Crippen LogP contribution in [0.1, 0.15) is 38.7 Å². The van der Waals surface area contributed by atoms with Gasteiger partial charge in [-0.15, -0.1) is 5.92 Å². The molecule has 1 atom stereocenters. The van der Waals surface area contributed by atoms with Crippen LogP contribution in [0.4, 0.5) is 5.69 Å². The van der Waals surface area contributed by atoms with E-state index in [-0.39, 0.29) is 12.3 Å². The number of amides is 1. The normalized spacial score (nSPS) is 11.7. The number of halogens is 1. The van der Waals surface area contributed by atoms with Crippen LogP contribution < -0.4 is 10.1 Å². The summed E-state index contributed by atoms with van der Waals surface area (Å²) in [5.41, 5.74) is 0.202. The molecule has 2 aromatic carbocycles.